The first kappa shape index (κ1) is 23.3. The molecule has 0 unspecified atom stereocenters. The molecule has 0 radical (unpaired) electrons. The highest BCUT2D eigenvalue weighted by Gasteiger charge is 2.69. The number of carboxylic acids is 1. The molecular weight excluding hydrogens is 452 g/mol. The number of benzene rings is 1. The van der Waals surface area contributed by atoms with Gasteiger partial charge in [-0.2, -0.15) is 0 Å². The molecule has 1 saturated carbocycles. The van der Waals surface area contributed by atoms with Crippen LogP contribution in [0.2, 0.25) is 5.02 Å². The predicted octanol–water partition coefficient (Wildman–Crippen LogP) is 4.53. The molecule has 8 atom stereocenters. The van der Waals surface area contributed by atoms with E-state index in [1.807, 2.05) is 6.92 Å². The fourth-order valence-electron chi connectivity index (χ4n) is 6.11. The molecule has 9 heteroatoms. The molecule has 4 saturated heterocycles. The Bertz CT molecular complexity index is 910. The van der Waals surface area contributed by atoms with E-state index in [-0.39, 0.29) is 18.4 Å². The van der Waals surface area contributed by atoms with Crippen molar-refractivity contribution >= 4 is 17.6 Å². The van der Waals surface area contributed by atoms with Crippen molar-refractivity contribution in [2.24, 2.45) is 23.7 Å². The van der Waals surface area contributed by atoms with Gasteiger partial charge >= 0.3 is 5.97 Å². The first-order valence-electron chi connectivity index (χ1n) is 11.7. The van der Waals surface area contributed by atoms with Gasteiger partial charge in [-0.15, -0.1) is 0 Å². The Balaban J connectivity index is 1.32. The lowest BCUT2D eigenvalue weighted by Crippen LogP contribution is -2.70. The number of carbonyl (C=O) groups is 1. The van der Waals surface area contributed by atoms with Gasteiger partial charge in [0, 0.05) is 23.3 Å². The summed E-state index contributed by atoms with van der Waals surface area (Å²) in [6, 6.07) is 5.05. The molecule has 0 aromatic heterocycles. The molecule has 1 N–H and O–H groups in total. The van der Waals surface area contributed by atoms with Crippen LogP contribution in [0.15, 0.2) is 18.2 Å². The average Bonchev–Trinajstić information content (AvgIpc) is 3.00. The van der Waals surface area contributed by atoms with Crippen LogP contribution in [0.1, 0.15) is 52.0 Å². The van der Waals surface area contributed by atoms with Crippen molar-refractivity contribution in [1.82, 2.24) is 0 Å². The van der Waals surface area contributed by atoms with Crippen molar-refractivity contribution < 1.29 is 38.6 Å². The number of hydrogen-bond donors (Lipinski definition) is 1. The van der Waals surface area contributed by atoms with Crippen LogP contribution in [0.3, 0.4) is 0 Å². The molecule has 0 amide bonds. The third-order valence-electron chi connectivity index (χ3n) is 7.89. The number of aliphatic carboxylic acids is 1. The second kappa shape index (κ2) is 8.66. The largest absolute Gasteiger partial charge is 0.482 e. The fraction of sp³-hybridized carbons (Fsp3) is 0.708. The van der Waals surface area contributed by atoms with Crippen LogP contribution in [0.25, 0.3) is 0 Å². The molecule has 8 nitrogen and oxygen atoms in total. The van der Waals surface area contributed by atoms with Crippen LogP contribution in [-0.4, -0.2) is 41.7 Å². The van der Waals surface area contributed by atoms with Gasteiger partial charge in [-0.25, -0.2) is 14.6 Å². The molecule has 6 rings (SSSR count). The summed E-state index contributed by atoms with van der Waals surface area (Å²) in [6.07, 6.45) is 2.84. The average molecular weight is 483 g/mol. The van der Waals surface area contributed by atoms with Crippen molar-refractivity contribution in [2.45, 2.75) is 77.0 Å². The molecule has 4 heterocycles. The second-order valence-corrected chi connectivity index (χ2v) is 10.4. The van der Waals surface area contributed by atoms with Crippen molar-refractivity contribution in [3.8, 4) is 5.75 Å². The Labute approximate surface area is 198 Å². The standard InChI is InChI=1S/C24H31ClO8/c1-13-4-7-18-14(2)21(29-11-15-5-6-16(10-19(15)25)28-12-20(26)27)30-22-24(18)17(13)8-9-23(3,31-22)32-33-24/h5-6,10,13-14,17-18,21-22H,4,7-9,11-12H2,1-3H3,(H,26,27)/t13-,14-,17+,18+,21+,22-,23-,24-/m1/s1. The van der Waals surface area contributed by atoms with E-state index in [2.05, 4.69) is 13.8 Å². The van der Waals surface area contributed by atoms with E-state index in [9.17, 15) is 4.79 Å². The molecule has 5 fully saturated rings. The van der Waals surface area contributed by atoms with Crippen LogP contribution < -0.4 is 4.74 Å². The third kappa shape index (κ3) is 4.05. The van der Waals surface area contributed by atoms with Crippen LogP contribution >= 0.6 is 11.6 Å². The minimum atomic E-state index is -1.04. The summed E-state index contributed by atoms with van der Waals surface area (Å²) in [5.74, 6) is -0.400. The number of ether oxygens (including phenoxy) is 4. The summed E-state index contributed by atoms with van der Waals surface area (Å²) in [6.45, 7) is 6.15. The van der Waals surface area contributed by atoms with E-state index in [1.54, 1.807) is 18.2 Å². The van der Waals surface area contributed by atoms with Crippen LogP contribution in [0.4, 0.5) is 0 Å². The Morgan fingerprint density at radius 2 is 2.03 bits per heavy atom. The summed E-state index contributed by atoms with van der Waals surface area (Å²) in [7, 11) is 0. The van der Waals surface area contributed by atoms with E-state index >= 15 is 0 Å². The van der Waals surface area contributed by atoms with Gasteiger partial charge in [-0.1, -0.05) is 31.5 Å². The Hall–Kier alpha value is -1.42. The van der Waals surface area contributed by atoms with Crippen LogP contribution in [0.5, 0.6) is 5.75 Å². The van der Waals surface area contributed by atoms with Crippen molar-refractivity contribution in [2.75, 3.05) is 6.61 Å². The van der Waals surface area contributed by atoms with Crippen molar-refractivity contribution in [1.29, 1.82) is 0 Å². The minimum Gasteiger partial charge on any atom is -0.482 e. The van der Waals surface area contributed by atoms with Crippen LogP contribution in [-0.2, 0) is 35.4 Å². The lowest BCUT2D eigenvalue weighted by molar-refractivity contribution is -0.577. The predicted molar refractivity (Wildman–Crippen MR) is 116 cm³/mol. The monoisotopic (exact) mass is 482 g/mol. The lowest BCUT2D eigenvalue weighted by atomic mass is 9.58. The molecule has 1 aromatic rings. The second-order valence-electron chi connectivity index (χ2n) is 10.0. The van der Waals surface area contributed by atoms with Crippen molar-refractivity contribution in [3.05, 3.63) is 28.8 Å². The SMILES string of the molecule is C[C@H]1[C@@H](OCc2ccc(OCC(=O)O)cc2Cl)O[C@@H]2O[C@@]3(C)CC[C@H]4[C@H](C)CC[C@@H]1[C@@]24OO3. The van der Waals surface area contributed by atoms with E-state index in [4.69, 9.17) is 45.4 Å². The number of rotatable bonds is 6. The molecule has 1 aliphatic carbocycles. The van der Waals surface area contributed by atoms with Crippen LogP contribution in [0, 0.1) is 23.7 Å². The number of carboxylic acid groups (broad SMARTS) is 1. The van der Waals surface area contributed by atoms with Gasteiger partial charge in [0.2, 0.25) is 5.79 Å². The maximum atomic E-state index is 10.7. The summed E-state index contributed by atoms with van der Waals surface area (Å²) in [4.78, 5) is 22.7. The molecule has 182 valence electrons. The first-order chi connectivity index (χ1) is 15.7. The maximum Gasteiger partial charge on any atom is 0.341 e. The topological polar surface area (TPSA) is 92.7 Å². The molecular formula is C24H31ClO8. The molecule has 33 heavy (non-hydrogen) atoms. The summed E-state index contributed by atoms with van der Waals surface area (Å²) in [5, 5.41) is 9.21. The first-order valence-corrected chi connectivity index (χ1v) is 12.0. The molecule has 5 aliphatic rings. The molecule has 4 aliphatic heterocycles. The maximum absolute atomic E-state index is 10.7. The van der Waals surface area contributed by atoms with Gasteiger partial charge < -0.3 is 24.1 Å². The zero-order valence-electron chi connectivity index (χ0n) is 19.1. The van der Waals surface area contributed by atoms with Gasteiger partial charge in [0.05, 0.1) is 6.61 Å². The zero-order chi connectivity index (χ0) is 23.4. The quantitative estimate of drug-likeness (QED) is 0.591. The molecule has 1 spiro atoms. The van der Waals surface area contributed by atoms with E-state index in [0.29, 0.717) is 22.6 Å². The lowest BCUT2D eigenvalue weighted by Gasteiger charge is -2.60. The van der Waals surface area contributed by atoms with Gasteiger partial charge in [0.15, 0.2) is 24.8 Å². The smallest absolute Gasteiger partial charge is 0.341 e. The van der Waals surface area contributed by atoms with Gasteiger partial charge in [0.1, 0.15) is 5.75 Å². The van der Waals surface area contributed by atoms with E-state index in [1.165, 1.54) is 0 Å². The van der Waals surface area contributed by atoms with E-state index in [0.717, 1.165) is 31.2 Å². The van der Waals surface area contributed by atoms with Gasteiger partial charge in [-0.3, -0.25) is 0 Å². The third-order valence-corrected chi connectivity index (χ3v) is 8.24. The normalized spacial score (nSPS) is 41.8. The highest BCUT2D eigenvalue weighted by molar-refractivity contribution is 6.31. The highest BCUT2D eigenvalue weighted by atomic mass is 35.5. The van der Waals surface area contributed by atoms with Crippen molar-refractivity contribution in [3.63, 3.8) is 0 Å². The zero-order valence-corrected chi connectivity index (χ0v) is 19.9. The number of halogens is 1. The van der Waals surface area contributed by atoms with Gasteiger partial charge in [0.25, 0.3) is 0 Å². The number of fused-ring (bicyclic) bond motifs is 2. The highest BCUT2D eigenvalue weighted by Crippen LogP contribution is 2.60. The summed E-state index contributed by atoms with van der Waals surface area (Å²) in [5.41, 5.74) is 0.147. The van der Waals surface area contributed by atoms with E-state index < -0.39 is 36.5 Å². The Morgan fingerprint density at radius 3 is 2.79 bits per heavy atom. The minimum absolute atomic E-state index is 0.0721. The summed E-state index contributed by atoms with van der Waals surface area (Å²) < 4.78 is 24.2. The Kier molecular flexibility index (Phi) is 6.12. The number of hydrogen-bond acceptors (Lipinski definition) is 7. The summed E-state index contributed by atoms with van der Waals surface area (Å²) >= 11 is 6.39. The van der Waals surface area contributed by atoms with Gasteiger partial charge in [-0.05, 0) is 55.7 Å². The molecule has 2 bridgehead atoms. The fourth-order valence-corrected chi connectivity index (χ4v) is 6.34. The Morgan fingerprint density at radius 1 is 1.21 bits per heavy atom. The molecule has 1 aromatic carbocycles.